The molecule has 100 valence electrons. The summed E-state index contributed by atoms with van der Waals surface area (Å²) in [4.78, 5) is 4.61. The maximum atomic E-state index is 4.61. The maximum Gasteiger partial charge on any atom is 0.0989 e. The monoisotopic (exact) mass is 264 g/mol. The molecule has 0 aromatic carbocycles. The van der Waals surface area contributed by atoms with Crippen molar-refractivity contribution in [3.63, 3.8) is 0 Å². The van der Waals surface area contributed by atoms with Crippen LogP contribution in [-0.2, 0) is 6.54 Å². The minimum atomic E-state index is 0.768. The lowest BCUT2D eigenvalue weighted by atomic mass is 10.2. The molecule has 1 N–H and O–H groups in total. The molecule has 1 aromatic rings. The smallest absolute Gasteiger partial charge is 0.0989 e. The summed E-state index contributed by atoms with van der Waals surface area (Å²) in [6, 6.07) is 3.05. The number of aryl methyl sites for hydroxylation is 1. The molecule has 1 aromatic heterocycles. The van der Waals surface area contributed by atoms with Crippen LogP contribution in [0.15, 0.2) is 17.3 Å². The number of aromatic nitrogens is 1. The second kappa shape index (κ2) is 6.58. The van der Waals surface area contributed by atoms with Gasteiger partial charge in [-0.3, -0.25) is 0 Å². The number of thioether (sulfide) groups is 1. The van der Waals surface area contributed by atoms with E-state index in [9.17, 15) is 0 Å². The van der Waals surface area contributed by atoms with Crippen molar-refractivity contribution < 1.29 is 0 Å². The summed E-state index contributed by atoms with van der Waals surface area (Å²) in [6.45, 7) is 7.69. The molecule has 1 aliphatic rings. The molecule has 3 heteroatoms. The largest absolute Gasteiger partial charge is 0.310 e. The van der Waals surface area contributed by atoms with Gasteiger partial charge in [0.25, 0.3) is 0 Å². The fraction of sp³-hybridized carbons (Fsp3) is 0.667. The lowest BCUT2D eigenvalue weighted by molar-refractivity contribution is 0.636. The van der Waals surface area contributed by atoms with Gasteiger partial charge in [0.1, 0.15) is 0 Å². The first-order valence-electron chi connectivity index (χ1n) is 7.00. The fourth-order valence-electron chi connectivity index (χ4n) is 1.76. The van der Waals surface area contributed by atoms with E-state index in [-0.39, 0.29) is 0 Å². The highest BCUT2D eigenvalue weighted by Crippen LogP contribution is 2.24. The van der Waals surface area contributed by atoms with Crippen LogP contribution in [0.2, 0.25) is 0 Å². The molecule has 1 heterocycles. The number of pyridine rings is 1. The third-order valence-corrected chi connectivity index (χ3v) is 4.90. The second-order valence-corrected chi connectivity index (χ2v) is 6.45. The minimum Gasteiger partial charge on any atom is -0.310 e. The lowest BCUT2D eigenvalue weighted by Crippen LogP contribution is -2.15. The Bertz CT molecular complexity index is 388. The van der Waals surface area contributed by atoms with Crippen molar-refractivity contribution in [1.29, 1.82) is 0 Å². The van der Waals surface area contributed by atoms with Gasteiger partial charge in [-0.2, -0.15) is 0 Å². The summed E-state index contributed by atoms with van der Waals surface area (Å²) >= 11 is 1.89. The number of nitrogens with one attached hydrogen (secondary N) is 1. The summed E-state index contributed by atoms with van der Waals surface area (Å²) in [7, 11) is 0. The van der Waals surface area contributed by atoms with E-state index in [1.165, 1.54) is 41.2 Å². The quantitative estimate of drug-likeness (QED) is 0.759. The average Bonchev–Trinajstić information content (AvgIpc) is 3.18. The van der Waals surface area contributed by atoms with E-state index in [2.05, 4.69) is 37.1 Å². The van der Waals surface area contributed by atoms with Crippen LogP contribution < -0.4 is 5.32 Å². The SMILES string of the molecule is CCC(C)CSc1ncc(CNC2CC2)cc1C. The summed E-state index contributed by atoms with van der Waals surface area (Å²) < 4.78 is 0. The molecule has 18 heavy (non-hydrogen) atoms. The minimum absolute atomic E-state index is 0.768. The Morgan fingerprint density at radius 2 is 2.28 bits per heavy atom. The molecular weight excluding hydrogens is 240 g/mol. The van der Waals surface area contributed by atoms with Gasteiger partial charge in [0, 0.05) is 24.5 Å². The normalized spacial score (nSPS) is 16.8. The Morgan fingerprint density at radius 1 is 1.50 bits per heavy atom. The summed E-state index contributed by atoms with van der Waals surface area (Å²) in [5.41, 5.74) is 2.63. The van der Waals surface area contributed by atoms with Gasteiger partial charge in [0.15, 0.2) is 0 Å². The van der Waals surface area contributed by atoms with Crippen molar-refractivity contribution >= 4 is 11.8 Å². The van der Waals surface area contributed by atoms with Crippen molar-refractivity contribution in [2.75, 3.05) is 5.75 Å². The third kappa shape index (κ3) is 4.29. The molecule has 1 unspecified atom stereocenters. The summed E-state index contributed by atoms with van der Waals surface area (Å²) in [5.74, 6) is 1.94. The molecule has 2 rings (SSSR count). The first-order valence-corrected chi connectivity index (χ1v) is 7.99. The second-order valence-electron chi connectivity index (χ2n) is 5.45. The van der Waals surface area contributed by atoms with Crippen LogP contribution in [0.3, 0.4) is 0 Å². The Morgan fingerprint density at radius 3 is 2.89 bits per heavy atom. The molecule has 1 atom stereocenters. The topological polar surface area (TPSA) is 24.9 Å². The molecule has 0 bridgehead atoms. The Labute approximate surface area is 115 Å². The maximum absolute atomic E-state index is 4.61. The van der Waals surface area contributed by atoms with Crippen LogP contribution >= 0.6 is 11.8 Å². The van der Waals surface area contributed by atoms with Crippen LogP contribution in [0.5, 0.6) is 0 Å². The highest BCUT2D eigenvalue weighted by atomic mass is 32.2. The first-order chi connectivity index (χ1) is 8.69. The zero-order valence-electron chi connectivity index (χ0n) is 11.7. The molecule has 1 saturated carbocycles. The molecule has 0 saturated heterocycles. The first kappa shape index (κ1) is 13.9. The number of hydrogen-bond donors (Lipinski definition) is 1. The van der Waals surface area contributed by atoms with Gasteiger partial charge in [-0.05, 0) is 36.8 Å². The molecule has 0 spiro atoms. The highest BCUT2D eigenvalue weighted by molar-refractivity contribution is 7.99. The van der Waals surface area contributed by atoms with E-state index in [0.717, 1.165) is 18.5 Å². The van der Waals surface area contributed by atoms with Gasteiger partial charge in [-0.15, -0.1) is 11.8 Å². The summed E-state index contributed by atoms with van der Waals surface area (Å²) in [6.07, 6.45) is 5.96. The van der Waals surface area contributed by atoms with Crippen molar-refractivity contribution in [2.24, 2.45) is 5.92 Å². The predicted octanol–water partition coefficient (Wildman–Crippen LogP) is 3.78. The third-order valence-electron chi connectivity index (χ3n) is 3.46. The van der Waals surface area contributed by atoms with Crippen LogP contribution in [0, 0.1) is 12.8 Å². The zero-order chi connectivity index (χ0) is 13.0. The van der Waals surface area contributed by atoms with Crippen molar-refractivity contribution in [2.45, 2.75) is 57.6 Å². The Hall–Kier alpha value is -0.540. The van der Waals surface area contributed by atoms with E-state index in [4.69, 9.17) is 0 Å². The van der Waals surface area contributed by atoms with Crippen molar-refractivity contribution in [3.8, 4) is 0 Å². The van der Waals surface area contributed by atoms with Crippen molar-refractivity contribution in [1.82, 2.24) is 10.3 Å². The Balaban J connectivity index is 1.87. The molecule has 1 fully saturated rings. The van der Waals surface area contributed by atoms with Crippen LogP contribution in [0.4, 0.5) is 0 Å². The zero-order valence-corrected chi connectivity index (χ0v) is 12.5. The molecule has 0 radical (unpaired) electrons. The summed E-state index contributed by atoms with van der Waals surface area (Å²) in [5, 5.41) is 4.73. The molecular formula is C15H24N2S. The van der Waals surface area contributed by atoms with Crippen LogP contribution in [0.1, 0.15) is 44.2 Å². The van der Waals surface area contributed by atoms with E-state index in [0.29, 0.717) is 0 Å². The van der Waals surface area contributed by atoms with E-state index in [1.807, 2.05) is 18.0 Å². The van der Waals surface area contributed by atoms with E-state index in [1.54, 1.807) is 0 Å². The Kier molecular flexibility index (Phi) is 5.07. The van der Waals surface area contributed by atoms with Crippen LogP contribution in [0.25, 0.3) is 0 Å². The van der Waals surface area contributed by atoms with E-state index < -0.39 is 0 Å². The van der Waals surface area contributed by atoms with Crippen LogP contribution in [-0.4, -0.2) is 16.8 Å². The number of rotatable bonds is 7. The average molecular weight is 264 g/mol. The fourth-order valence-corrected chi connectivity index (χ4v) is 2.85. The van der Waals surface area contributed by atoms with Gasteiger partial charge >= 0.3 is 0 Å². The molecule has 2 nitrogen and oxygen atoms in total. The van der Waals surface area contributed by atoms with Gasteiger partial charge in [0.05, 0.1) is 5.03 Å². The van der Waals surface area contributed by atoms with Gasteiger partial charge in [0.2, 0.25) is 0 Å². The molecule has 1 aliphatic carbocycles. The molecule has 0 amide bonds. The lowest BCUT2D eigenvalue weighted by Gasteiger charge is -2.10. The number of nitrogens with zero attached hydrogens (tertiary/aromatic N) is 1. The highest BCUT2D eigenvalue weighted by Gasteiger charge is 2.20. The van der Waals surface area contributed by atoms with Gasteiger partial charge in [-0.25, -0.2) is 4.98 Å². The molecule has 0 aliphatic heterocycles. The van der Waals surface area contributed by atoms with Crippen molar-refractivity contribution in [3.05, 3.63) is 23.4 Å². The van der Waals surface area contributed by atoms with Gasteiger partial charge < -0.3 is 5.32 Å². The van der Waals surface area contributed by atoms with E-state index >= 15 is 0 Å². The number of hydrogen-bond acceptors (Lipinski definition) is 3. The van der Waals surface area contributed by atoms with Gasteiger partial charge in [-0.1, -0.05) is 26.3 Å². The standard InChI is InChI=1S/C15H24N2S/c1-4-11(2)10-18-15-12(3)7-13(9-17-15)8-16-14-5-6-14/h7,9,11,14,16H,4-6,8,10H2,1-3H3. The predicted molar refractivity (Wildman–Crippen MR) is 79.0 cm³/mol.